The number of carbonyl (C=O) groups excluding carboxylic acids is 1. The molecule has 5 heteroatoms. The van der Waals surface area contributed by atoms with Crippen molar-refractivity contribution in [2.75, 3.05) is 24.3 Å². The molecule has 1 aromatic heterocycles. The van der Waals surface area contributed by atoms with Gasteiger partial charge in [0, 0.05) is 26.6 Å². The van der Waals surface area contributed by atoms with Crippen molar-refractivity contribution < 1.29 is 4.79 Å². The number of carbonyl (C=O) groups is 1. The molecular weight excluding hydrogens is 228 g/mol. The Kier molecular flexibility index (Phi) is 4.64. The van der Waals surface area contributed by atoms with Gasteiger partial charge in [-0.2, -0.15) is 0 Å². The third kappa shape index (κ3) is 5.12. The lowest BCUT2D eigenvalue weighted by molar-refractivity contribution is -0.116. The summed E-state index contributed by atoms with van der Waals surface area (Å²) in [6.07, 6.45) is 2.81. The third-order valence-electron chi connectivity index (χ3n) is 2.48. The molecule has 0 aromatic carbocycles. The van der Waals surface area contributed by atoms with E-state index in [1.165, 1.54) is 6.33 Å². The zero-order valence-electron chi connectivity index (χ0n) is 11.8. The van der Waals surface area contributed by atoms with Gasteiger partial charge in [-0.3, -0.25) is 4.79 Å². The van der Waals surface area contributed by atoms with Crippen LogP contribution in [0.5, 0.6) is 0 Å². The van der Waals surface area contributed by atoms with Gasteiger partial charge >= 0.3 is 0 Å². The Labute approximate surface area is 109 Å². The van der Waals surface area contributed by atoms with Gasteiger partial charge in [0.15, 0.2) is 0 Å². The highest BCUT2D eigenvalue weighted by Gasteiger charge is 2.13. The lowest BCUT2D eigenvalue weighted by Gasteiger charge is -2.17. The number of amides is 1. The molecule has 1 aromatic rings. The van der Waals surface area contributed by atoms with E-state index in [-0.39, 0.29) is 11.3 Å². The minimum Gasteiger partial charge on any atom is -0.363 e. The SMILES string of the molecule is CN(C)c1cc(NC(=O)CCC(C)(C)C)ncn1. The van der Waals surface area contributed by atoms with Crippen LogP contribution in [0.3, 0.4) is 0 Å². The van der Waals surface area contributed by atoms with E-state index in [0.29, 0.717) is 12.2 Å². The molecule has 1 rings (SSSR count). The smallest absolute Gasteiger partial charge is 0.225 e. The number of hydrogen-bond acceptors (Lipinski definition) is 4. The van der Waals surface area contributed by atoms with E-state index < -0.39 is 0 Å². The molecule has 5 nitrogen and oxygen atoms in total. The molecule has 0 aliphatic rings. The Bertz CT molecular complexity index is 410. The number of aromatic nitrogens is 2. The fraction of sp³-hybridized carbons (Fsp3) is 0.615. The summed E-state index contributed by atoms with van der Waals surface area (Å²) in [5.41, 5.74) is 0.164. The second-order valence-corrected chi connectivity index (χ2v) is 5.76. The summed E-state index contributed by atoms with van der Waals surface area (Å²) >= 11 is 0. The summed E-state index contributed by atoms with van der Waals surface area (Å²) in [5.74, 6) is 1.32. The number of nitrogens with zero attached hydrogens (tertiary/aromatic N) is 3. The van der Waals surface area contributed by atoms with Crippen molar-refractivity contribution in [1.82, 2.24) is 9.97 Å². The largest absolute Gasteiger partial charge is 0.363 e. The van der Waals surface area contributed by atoms with Crippen molar-refractivity contribution in [2.45, 2.75) is 33.6 Å². The van der Waals surface area contributed by atoms with Crippen molar-refractivity contribution in [3.05, 3.63) is 12.4 Å². The molecule has 0 radical (unpaired) electrons. The zero-order chi connectivity index (χ0) is 13.8. The van der Waals surface area contributed by atoms with Crippen molar-refractivity contribution in [2.24, 2.45) is 5.41 Å². The van der Waals surface area contributed by atoms with Crippen LogP contribution < -0.4 is 10.2 Å². The van der Waals surface area contributed by atoms with E-state index in [1.807, 2.05) is 19.0 Å². The van der Waals surface area contributed by atoms with Gasteiger partial charge in [-0.1, -0.05) is 20.8 Å². The maximum atomic E-state index is 11.8. The van der Waals surface area contributed by atoms with Crippen LogP contribution in [0.25, 0.3) is 0 Å². The van der Waals surface area contributed by atoms with Gasteiger partial charge in [0.25, 0.3) is 0 Å². The lowest BCUT2D eigenvalue weighted by atomic mass is 9.90. The average molecular weight is 250 g/mol. The molecule has 18 heavy (non-hydrogen) atoms. The van der Waals surface area contributed by atoms with E-state index >= 15 is 0 Å². The average Bonchev–Trinajstić information content (AvgIpc) is 2.26. The highest BCUT2D eigenvalue weighted by atomic mass is 16.1. The molecule has 0 spiro atoms. The third-order valence-corrected chi connectivity index (χ3v) is 2.48. The Morgan fingerprint density at radius 1 is 1.33 bits per heavy atom. The second kappa shape index (κ2) is 5.80. The first-order valence-corrected chi connectivity index (χ1v) is 6.07. The number of rotatable bonds is 4. The molecule has 1 N–H and O–H groups in total. The van der Waals surface area contributed by atoms with E-state index in [0.717, 1.165) is 12.2 Å². The van der Waals surface area contributed by atoms with Gasteiger partial charge < -0.3 is 10.2 Å². The second-order valence-electron chi connectivity index (χ2n) is 5.76. The molecular formula is C13H22N4O. The maximum Gasteiger partial charge on any atom is 0.225 e. The minimum atomic E-state index is -0.00617. The van der Waals surface area contributed by atoms with Crippen LogP contribution in [0.4, 0.5) is 11.6 Å². The van der Waals surface area contributed by atoms with Crippen LogP contribution in [0.1, 0.15) is 33.6 Å². The minimum absolute atomic E-state index is 0.00617. The van der Waals surface area contributed by atoms with E-state index in [1.54, 1.807) is 6.07 Å². The Morgan fingerprint density at radius 3 is 2.56 bits per heavy atom. The van der Waals surface area contributed by atoms with Crippen LogP contribution in [-0.2, 0) is 4.79 Å². The van der Waals surface area contributed by atoms with Crippen LogP contribution >= 0.6 is 0 Å². The highest BCUT2D eigenvalue weighted by molar-refractivity contribution is 5.90. The van der Waals surface area contributed by atoms with Crippen LogP contribution in [-0.4, -0.2) is 30.0 Å². The Balaban J connectivity index is 2.57. The molecule has 0 bridgehead atoms. The van der Waals surface area contributed by atoms with Crippen molar-refractivity contribution in [3.8, 4) is 0 Å². The molecule has 0 aliphatic carbocycles. The molecule has 0 aliphatic heterocycles. The monoisotopic (exact) mass is 250 g/mol. The van der Waals surface area contributed by atoms with Crippen molar-refractivity contribution in [1.29, 1.82) is 0 Å². The summed E-state index contributed by atoms with van der Waals surface area (Å²) in [4.78, 5) is 21.8. The van der Waals surface area contributed by atoms with Gasteiger partial charge in [-0.15, -0.1) is 0 Å². The molecule has 1 heterocycles. The maximum absolute atomic E-state index is 11.8. The molecule has 1 amide bonds. The molecule has 100 valence electrons. The van der Waals surface area contributed by atoms with Gasteiger partial charge in [0.1, 0.15) is 18.0 Å². The van der Waals surface area contributed by atoms with Crippen LogP contribution in [0, 0.1) is 5.41 Å². The number of hydrogen-bond donors (Lipinski definition) is 1. The van der Waals surface area contributed by atoms with Crippen molar-refractivity contribution in [3.63, 3.8) is 0 Å². The predicted molar refractivity (Wildman–Crippen MR) is 73.7 cm³/mol. The quantitative estimate of drug-likeness (QED) is 0.891. The summed E-state index contributed by atoms with van der Waals surface area (Å²) < 4.78 is 0. The first-order chi connectivity index (χ1) is 8.28. The molecule has 0 atom stereocenters. The van der Waals surface area contributed by atoms with E-state index in [2.05, 4.69) is 36.1 Å². The van der Waals surface area contributed by atoms with Gasteiger partial charge in [-0.05, 0) is 11.8 Å². The molecule has 0 saturated carbocycles. The van der Waals surface area contributed by atoms with Gasteiger partial charge in [0.05, 0.1) is 0 Å². The van der Waals surface area contributed by atoms with Crippen molar-refractivity contribution >= 4 is 17.5 Å². The summed E-state index contributed by atoms with van der Waals surface area (Å²) in [6.45, 7) is 6.36. The molecule has 0 unspecified atom stereocenters. The summed E-state index contributed by atoms with van der Waals surface area (Å²) in [7, 11) is 3.79. The summed E-state index contributed by atoms with van der Waals surface area (Å²) in [6, 6.07) is 1.76. The van der Waals surface area contributed by atoms with Gasteiger partial charge in [-0.25, -0.2) is 9.97 Å². The van der Waals surface area contributed by atoms with E-state index in [9.17, 15) is 4.79 Å². The van der Waals surface area contributed by atoms with Crippen LogP contribution in [0.15, 0.2) is 12.4 Å². The first kappa shape index (κ1) is 14.4. The number of anilines is 2. The van der Waals surface area contributed by atoms with Gasteiger partial charge in [0.2, 0.25) is 5.91 Å². The zero-order valence-corrected chi connectivity index (χ0v) is 11.8. The first-order valence-electron chi connectivity index (χ1n) is 6.07. The fourth-order valence-electron chi connectivity index (χ4n) is 1.35. The molecule has 0 saturated heterocycles. The normalized spacial score (nSPS) is 11.2. The van der Waals surface area contributed by atoms with Crippen LogP contribution in [0.2, 0.25) is 0 Å². The summed E-state index contributed by atoms with van der Waals surface area (Å²) in [5, 5.41) is 2.79. The Morgan fingerprint density at radius 2 is 2.00 bits per heavy atom. The fourth-order valence-corrected chi connectivity index (χ4v) is 1.35. The standard InChI is InChI=1S/C13H22N4O/c1-13(2,3)7-6-12(18)16-10-8-11(17(4)5)15-9-14-10/h8-9H,6-7H2,1-5H3,(H,14,15,16,18). The lowest BCUT2D eigenvalue weighted by Crippen LogP contribution is -2.17. The predicted octanol–water partition coefficient (Wildman–Crippen LogP) is 2.31. The van der Waals surface area contributed by atoms with E-state index in [4.69, 9.17) is 0 Å². The highest BCUT2D eigenvalue weighted by Crippen LogP contribution is 2.21. The Hall–Kier alpha value is -1.65. The molecule has 0 fully saturated rings. The topological polar surface area (TPSA) is 58.1 Å². The number of nitrogens with one attached hydrogen (secondary N) is 1.